The van der Waals surface area contributed by atoms with Crippen molar-refractivity contribution in [1.29, 1.82) is 5.26 Å². The van der Waals surface area contributed by atoms with Crippen LogP contribution in [-0.4, -0.2) is 18.1 Å². The second-order valence-electron chi connectivity index (χ2n) is 5.49. The molecule has 1 N–H and O–H groups in total. The van der Waals surface area contributed by atoms with E-state index in [1.54, 1.807) is 6.20 Å². The maximum atomic E-state index is 8.91. The lowest BCUT2D eigenvalue weighted by Gasteiger charge is -2.21. The van der Waals surface area contributed by atoms with Crippen LogP contribution in [-0.2, 0) is 0 Å². The molecule has 88 valence electrons. The molecule has 0 amide bonds. The van der Waals surface area contributed by atoms with E-state index in [9.17, 15) is 0 Å². The highest BCUT2D eigenvalue weighted by Gasteiger charge is 2.41. The van der Waals surface area contributed by atoms with Crippen LogP contribution in [0.15, 0.2) is 18.5 Å². The van der Waals surface area contributed by atoms with E-state index in [4.69, 9.17) is 5.26 Å². The normalized spacial score (nSPS) is 31.8. The molecular formula is C14H17N3. The summed E-state index contributed by atoms with van der Waals surface area (Å²) in [5.74, 6) is 0.607. The maximum Gasteiger partial charge on any atom is 0.101 e. The summed E-state index contributed by atoms with van der Waals surface area (Å²) in [4.78, 5) is 4.18. The fourth-order valence-corrected chi connectivity index (χ4v) is 3.42. The molecule has 1 aliphatic carbocycles. The minimum absolute atomic E-state index is 0.535. The zero-order valence-electron chi connectivity index (χ0n) is 9.95. The Morgan fingerprint density at radius 3 is 3.12 bits per heavy atom. The van der Waals surface area contributed by atoms with E-state index < -0.39 is 0 Å². The summed E-state index contributed by atoms with van der Waals surface area (Å²) < 4.78 is 0. The molecule has 1 spiro atoms. The standard InChI is InChI=1S/C14H17N3/c15-7-11-5-13(9-17-8-11)12-1-2-14(6-12)3-4-16-10-14/h5,8-9,12,16H,1-4,6,10H2. The third kappa shape index (κ3) is 1.94. The van der Waals surface area contributed by atoms with Gasteiger partial charge in [-0.3, -0.25) is 4.98 Å². The van der Waals surface area contributed by atoms with Crippen molar-refractivity contribution in [3.63, 3.8) is 0 Å². The van der Waals surface area contributed by atoms with Gasteiger partial charge in [0.2, 0.25) is 0 Å². The first-order chi connectivity index (χ1) is 8.31. The number of aromatic nitrogens is 1. The monoisotopic (exact) mass is 227 g/mol. The van der Waals surface area contributed by atoms with Gasteiger partial charge < -0.3 is 5.32 Å². The molecule has 1 aliphatic heterocycles. The summed E-state index contributed by atoms with van der Waals surface area (Å²) in [6, 6.07) is 4.19. The van der Waals surface area contributed by atoms with Crippen LogP contribution in [0.5, 0.6) is 0 Å². The molecule has 2 aliphatic rings. The Morgan fingerprint density at radius 2 is 2.35 bits per heavy atom. The number of nitrogens with one attached hydrogen (secondary N) is 1. The second-order valence-corrected chi connectivity index (χ2v) is 5.49. The molecule has 3 nitrogen and oxygen atoms in total. The minimum Gasteiger partial charge on any atom is -0.316 e. The lowest BCUT2D eigenvalue weighted by Crippen LogP contribution is -2.20. The van der Waals surface area contributed by atoms with Crippen molar-refractivity contribution >= 4 is 0 Å². The lowest BCUT2D eigenvalue weighted by molar-refractivity contribution is 0.331. The quantitative estimate of drug-likeness (QED) is 0.800. The van der Waals surface area contributed by atoms with Crippen molar-refractivity contribution < 1.29 is 0 Å². The third-order valence-corrected chi connectivity index (χ3v) is 4.39. The van der Waals surface area contributed by atoms with Crippen molar-refractivity contribution in [2.45, 2.75) is 31.6 Å². The zero-order valence-corrected chi connectivity index (χ0v) is 9.95. The Morgan fingerprint density at radius 1 is 1.41 bits per heavy atom. The number of rotatable bonds is 1. The van der Waals surface area contributed by atoms with Gasteiger partial charge in [0.1, 0.15) is 6.07 Å². The van der Waals surface area contributed by atoms with Crippen molar-refractivity contribution in [1.82, 2.24) is 10.3 Å². The average Bonchev–Trinajstić information content (AvgIpc) is 3.01. The van der Waals surface area contributed by atoms with Crippen LogP contribution >= 0.6 is 0 Å². The molecule has 3 rings (SSSR count). The first-order valence-electron chi connectivity index (χ1n) is 6.37. The fraction of sp³-hybridized carbons (Fsp3) is 0.571. The van der Waals surface area contributed by atoms with Crippen LogP contribution in [0.25, 0.3) is 0 Å². The van der Waals surface area contributed by atoms with Gasteiger partial charge in [0, 0.05) is 18.9 Å². The van der Waals surface area contributed by atoms with Crippen LogP contribution in [0, 0.1) is 16.7 Å². The molecule has 0 aromatic carbocycles. The Bertz CT molecular complexity index is 455. The van der Waals surface area contributed by atoms with Crippen LogP contribution in [0.4, 0.5) is 0 Å². The molecule has 1 aromatic heterocycles. The molecule has 0 bridgehead atoms. The largest absolute Gasteiger partial charge is 0.316 e. The summed E-state index contributed by atoms with van der Waals surface area (Å²) in [5, 5.41) is 12.4. The lowest BCUT2D eigenvalue weighted by atomic mass is 9.83. The van der Waals surface area contributed by atoms with Gasteiger partial charge in [-0.05, 0) is 55.2 Å². The average molecular weight is 227 g/mol. The van der Waals surface area contributed by atoms with Gasteiger partial charge in [-0.25, -0.2) is 0 Å². The van der Waals surface area contributed by atoms with E-state index in [0.29, 0.717) is 16.9 Å². The van der Waals surface area contributed by atoms with Crippen LogP contribution in [0.3, 0.4) is 0 Å². The van der Waals surface area contributed by atoms with E-state index in [1.165, 1.54) is 44.3 Å². The highest BCUT2D eigenvalue weighted by molar-refractivity contribution is 5.31. The van der Waals surface area contributed by atoms with Gasteiger partial charge in [0.25, 0.3) is 0 Å². The molecular weight excluding hydrogens is 210 g/mol. The Kier molecular flexibility index (Phi) is 2.60. The van der Waals surface area contributed by atoms with Crippen molar-refractivity contribution in [3.8, 4) is 6.07 Å². The smallest absolute Gasteiger partial charge is 0.101 e. The molecule has 2 heterocycles. The third-order valence-electron chi connectivity index (χ3n) is 4.39. The Hall–Kier alpha value is -1.40. The molecule has 2 fully saturated rings. The summed E-state index contributed by atoms with van der Waals surface area (Å²) in [7, 11) is 0. The van der Waals surface area contributed by atoms with Gasteiger partial charge in [0.05, 0.1) is 5.56 Å². The highest BCUT2D eigenvalue weighted by atomic mass is 14.9. The van der Waals surface area contributed by atoms with Crippen molar-refractivity contribution in [3.05, 3.63) is 29.6 Å². The molecule has 17 heavy (non-hydrogen) atoms. The molecule has 0 radical (unpaired) electrons. The van der Waals surface area contributed by atoms with Crippen molar-refractivity contribution in [2.24, 2.45) is 5.41 Å². The summed E-state index contributed by atoms with van der Waals surface area (Å²) in [5.41, 5.74) is 2.48. The molecule has 3 heteroatoms. The second kappa shape index (κ2) is 4.12. The summed E-state index contributed by atoms with van der Waals surface area (Å²) in [6.07, 6.45) is 8.73. The highest BCUT2D eigenvalue weighted by Crippen LogP contribution is 2.49. The first-order valence-corrected chi connectivity index (χ1v) is 6.37. The van der Waals surface area contributed by atoms with E-state index in [-0.39, 0.29) is 0 Å². The molecule has 1 saturated carbocycles. The predicted octanol–water partition coefficient (Wildman–Crippen LogP) is 2.20. The molecule has 2 atom stereocenters. The van der Waals surface area contributed by atoms with Crippen LogP contribution in [0.2, 0.25) is 0 Å². The number of pyridine rings is 1. The topological polar surface area (TPSA) is 48.7 Å². The number of hydrogen-bond donors (Lipinski definition) is 1. The van der Waals surface area contributed by atoms with Gasteiger partial charge in [0.15, 0.2) is 0 Å². The zero-order chi connectivity index (χ0) is 11.7. The number of nitriles is 1. The van der Waals surface area contributed by atoms with Gasteiger partial charge in [-0.2, -0.15) is 5.26 Å². The maximum absolute atomic E-state index is 8.91. The molecule has 1 saturated heterocycles. The SMILES string of the molecule is N#Cc1cncc(C2CCC3(CCNC3)C2)c1. The van der Waals surface area contributed by atoms with E-state index in [1.807, 2.05) is 12.3 Å². The Labute approximate surface area is 102 Å². The van der Waals surface area contributed by atoms with Crippen LogP contribution < -0.4 is 5.32 Å². The van der Waals surface area contributed by atoms with Gasteiger partial charge >= 0.3 is 0 Å². The molecule has 1 aromatic rings. The first kappa shape index (κ1) is 10.7. The van der Waals surface area contributed by atoms with E-state index >= 15 is 0 Å². The van der Waals surface area contributed by atoms with Gasteiger partial charge in [-0.1, -0.05) is 0 Å². The number of hydrogen-bond acceptors (Lipinski definition) is 3. The van der Waals surface area contributed by atoms with Crippen LogP contribution in [0.1, 0.15) is 42.7 Å². The summed E-state index contributed by atoms with van der Waals surface area (Å²) >= 11 is 0. The predicted molar refractivity (Wildman–Crippen MR) is 65.5 cm³/mol. The van der Waals surface area contributed by atoms with Gasteiger partial charge in [-0.15, -0.1) is 0 Å². The van der Waals surface area contributed by atoms with E-state index in [2.05, 4.69) is 16.4 Å². The minimum atomic E-state index is 0.535. The summed E-state index contributed by atoms with van der Waals surface area (Å²) in [6.45, 7) is 2.35. The Balaban J connectivity index is 1.80. The fourth-order valence-electron chi connectivity index (χ4n) is 3.42. The van der Waals surface area contributed by atoms with E-state index in [0.717, 1.165) is 0 Å². The number of nitrogens with zero attached hydrogens (tertiary/aromatic N) is 2. The van der Waals surface area contributed by atoms with Crippen molar-refractivity contribution in [2.75, 3.05) is 13.1 Å². The molecule has 2 unspecified atom stereocenters.